The van der Waals surface area contributed by atoms with Gasteiger partial charge in [-0.05, 0) is 46.7 Å². The molecule has 0 spiro atoms. The van der Waals surface area contributed by atoms with Crippen LogP contribution in [0.2, 0.25) is 0 Å². The van der Waals surface area contributed by atoms with Gasteiger partial charge < -0.3 is 15.8 Å². The zero-order valence-electron chi connectivity index (χ0n) is 10.7. The number of carbonyl (C=O) groups excluding carboxylic acids is 1. The lowest BCUT2D eigenvalue weighted by Gasteiger charge is -2.24. The first kappa shape index (κ1) is 14.5. The second-order valence-corrected chi connectivity index (χ2v) is 6.47. The predicted octanol–water partition coefficient (Wildman–Crippen LogP) is 3.13. The van der Waals surface area contributed by atoms with Gasteiger partial charge in [-0.2, -0.15) is 11.8 Å². The summed E-state index contributed by atoms with van der Waals surface area (Å²) in [5.74, 6) is 1.91. The summed E-state index contributed by atoms with van der Waals surface area (Å²) in [7, 11) is 1.36. The summed E-state index contributed by atoms with van der Waals surface area (Å²) in [6, 6.07) is 3.93. The van der Waals surface area contributed by atoms with E-state index in [9.17, 15) is 4.79 Å². The third-order valence-corrected chi connectivity index (χ3v) is 4.94. The fourth-order valence-corrected chi connectivity index (χ4v) is 3.61. The first-order valence-electron chi connectivity index (χ1n) is 6.13. The number of hydrogen-bond acceptors (Lipinski definition) is 5. The van der Waals surface area contributed by atoms with Crippen molar-refractivity contribution in [3.63, 3.8) is 0 Å². The van der Waals surface area contributed by atoms with Crippen LogP contribution >= 0.6 is 27.7 Å². The van der Waals surface area contributed by atoms with Crippen molar-refractivity contribution in [1.29, 1.82) is 0 Å². The second kappa shape index (κ2) is 6.52. The standard InChI is InChI=1S/C13H17BrN2O2S/c1-18-13(17)9-5-12(10(14)6-11(9)15)16-8-3-2-4-19-7-8/h5-6,8,16H,2-4,7,15H2,1H3. The van der Waals surface area contributed by atoms with Crippen molar-refractivity contribution in [3.8, 4) is 0 Å². The molecule has 1 atom stereocenters. The number of esters is 1. The smallest absolute Gasteiger partial charge is 0.340 e. The minimum absolute atomic E-state index is 0.400. The molecule has 1 saturated heterocycles. The Morgan fingerprint density at radius 1 is 1.58 bits per heavy atom. The maximum Gasteiger partial charge on any atom is 0.340 e. The van der Waals surface area contributed by atoms with Crippen molar-refractivity contribution < 1.29 is 9.53 Å². The van der Waals surface area contributed by atoms with E-state index < -0.39 is 5.97 Å². The van der Waals surface area contributed by atoms with E-state index in [1.807, 2.05) is 11.8 Å². The largest absolute Gasteiger partial charge is 0.465 e. The van der Waals surface area contributed by atoms with Gasteiger partial charge in [0.25, 0.3) is 0 Å². The summed E-state index contributed by atoms with van der Waals surface area (Å²) in [6.07, 6.45) is 2.37. The monoisotopic (exact) mass is 344 g/mol. The zero-order chi connectivity index (χ0) is 13.8. The lowest BCUT2D eigenvalue weighted by atomic mass is 10.1. The van der Waals surface area contributed by atoms with Crippen LogP contribution in [0.25, 0.3) is 0 Å². The summed E-state index contributed by atoms with van der Waals surface area (Å²) >= 11 is 5.43. The number of methoxy groups -OCH3 is 1. The summed E-state index contributed by atoms with van der Waals surface area (Å²) in [4.78, 5) is 11.6. The number of nitrogens with one attached hydrogen (secondary N) is 1. The highest BCUT2D eigenvalue weighted by atomic mass is 79.9. The Bertz CT molecular complexity index is 476. The van der Waals surface area contributed by atoms with Crippen molar-refractivity contribution in [2.75, 3.05) is 29.7 Å². The number of halogens is 1. The van der Waals surface area contributed by atoms with Crippen LogP contribution in [0.1, 0.15) is 23.2 Å². The molecule has 1 fully saturated rings. The van der Waals surface area contributed by atoms with E-state index in [1.165, 1.54) is 19.3 Å². The lowest BCUT2D eigenvalue weighted by molar-refractivity contribution is 0.0602. The van der Waals surface area contributed by atoms with E-state index in [-0.39, 0.29) is 0 Å². The van der Waals surface area contributed by atoms with Crippen LogP contribution in [0.4, 0.5) is 11.4 Å². The number of rotatable bonds is 3. The highest BCUT2D eigenvalue weighted by molar-refractivity contribution is 9.10. The van der Waals surface area contributed by atoms with Gasteiger partial charge in [-0.1, -0.05) is 0 Å². The van der Waals surface area contributed by atoms with E-state index in [0.717, 1.165) is 22.3 Å². The molecule has 1 heterocycles. The zero-order valence-corrected chi connectivity index (χ0v) is 13.1. The van der Waals surface area contributed by atoms with E-state index in [1.54, 1.807) is 12.1 Å². The molecule has 4 nitrogen and oxygen atoms in total. The molecule has 0 aliphatic carbocycles. The highest BCUT2D eigenvalue weighted by Crippen LogP contribution is 2.31. The highest BCUT2D eigenvalue weighted by Gasteiger charge is 2.17. The Morgan fingerprint density at radius 3 is 3.00 bits per heavy atom. The fourth-order valence-electron chi connectivity index (χ4n) is 2.06. The van der Waals surface area contributed by atoms with Gasteiger partial charge in [-0.3, -0.25) is 0 Å². The molecular formula is C13H17BrN2O2S. The second-order valence-electron chi connectivity index (χ2n) is 4.47. The van der Waals surface area contributed by atoms with Gasteiger partial charge in [0.1, 0.15) is 0 Å². The number of thioether (sulfide) groups is 1. The quantitative estimate of drug-likeness (QED) is 0.651. The molecule has 0 saturated carbocycles. The van der Waals surface area contributed by atoms with Crippen LogP contribution in [0.3, 0.4) is 0 Å². The van der Waals surface area contributed by atoms with Gasteiger partial charge in [0.2, 0.25) is 0 Å². The van der Waals surface area contributed by atoms with Crippen molar-refractivity contribution in [3.05, 3.63) is 22.2 Å². The molecule has 0 amide bonds. The predicted molar refractivity (Wildman–Crippen MR) is 83.9 cm³/mol. The fraction of sp³-hybridized carbons (Fsp3) is 0.462. The molecule has 104 valence electrons. The van der Waals surface area contributed by atoms with Gasteiger partial charge in [-0.25, -0.2) is 4.79 Å². The van der Waals surface area contributed by atoms with Crippen LogP contribution in [-0.2, 0) is 4.74 Å². The van der Waals surface area contributed by atoms with Crippen molar-refractivity contribution in [1.82, 2.24) is 0 Å². The summed E-state index contributed by atoms with van der Waals surface area (Å²) < 4.78 is 5.60. The number of benzene rings is 1. The summed E-state index contributed by atoms with van der Waals surface area (Å²) in [5, 5.41) is 3.46. The molecule has 3 N–H and O–H groups in total. The molecule has 1 unspecified atom stereocenters. The normalized spacial score (nSPS) is 18.9. The van der Waals surface area contributed by atoms with Gasteiger partial charge in [0.05, 0.1) is 12.7 Å². The molecular weight excluding hydrogens is 328 g/mol. The maximum atomic E-state index is 11.6. The summed E-state index contributed by atoms with van der Waals surface area (Å²) in [5.41, 5.74) is 7.55. The maximum absolute atomic E-state index is 11.6. The van der Waals surface area contributed by atoms with E-state index in [2.05, 4.69) is 21.2 Å². The number of ether oxygens (including phenoxy) is 1. The first-order valence-corrected chi connectivity index (χ1v) is 8.08. The Hall–Kier alpha value is -0.880. The third kappa shape index (κ3) is 3.57. The minimum atomic E-state index is -0.411. The van der Waals surface area contributed by atoms with Crippen molar-refractivity contribution in [2.45, 2.75) is 18.9 Å². The van der Waals surface area contributed by atoms with E-state index in [4.69, 9.17) is 10.5 Å². The number of nitrogens with two attached hydrogens (primary N) is 1. The Morgan fingerprint density at radius 2 is 2.37 bits per heavy atom. The molecule has 2 rings (SSSR count). The van der Waals surface area contributed by atoms with E-state index >= 15 is 0 Å². The SMILES string of the molecule is COC(=O)c1cc(NC2CCCSC2)c(Br)cc1N. The lowest BCUT2D eigenvalue weighted by Crippen LogP contribution is -2.26. The molecule has 1 aliphatic heterocycles. The number of anilines is 2. The first-order chi connectivity index (χ1) is 9.11. The molecule has 0 aromatic heterocycles. The van der Waals surface area contributed by atoms with Crippen LogP contribution in [0.15, 0.2) is 16.6 Å². The molecule has 19 heavy (non-hydrogen) atoms. The van der Waals surface area contributed by atoms with Crippen LogP contribution < -0.4 is 11.1 Å². The van der Waals surface area contributed by atoms with Gasteiger partial charge >= 0.3 is 5.97 Å². The van der Waals surface area contributed by atoms with Gasteiger partial charge in [0.15, 0.2) is 0 Å². The van der Waals surface area contributed by atoms with Gasteiger partial charge in [0, 0.05) is 27.6 Å². The van der Waals surface area contributed by atoms with E-state index in [0.29, 0.717) is 17.3 Å². The molecule has 1 aromatic rings. The Kier molecular flexibility index (Phi) is 4.99. The van der Waals surface area contributed by atoms with Crippen molar-refractivity contribution >= 4 is 45.0 Å². The molecule has 1 aliphatic rings. The van der Waals surface area contributed by atoms with Crippen LogP contribution in [0, 0.1) is 0 Å². The Labute approximate surface area is 125 Å². The van der Waals surface area contributed by atoms with Crippen molar-refractivity contribution in [2.24, 2.45) is 0 Å². The number of hydrogen-bond donors (Lipinski definition) is 2. The molecule has 0 bridgehead atoms. The summed E-state index contributed by atoms with van der Waals surface area (Å²) in [6.45, 7) is 0. The van der Waals surface area contributed by atoms with Gasteiger partial charge in [-0.15, -0.1) is 0 Å². The molecule has 1 aromatic carbocycles. The number of nitrogen functional groups attached to an aromatic ring is 1. The average molecular weight is 345 g/mol. The molecule has 0 radical (unpaired) electrons. The molecule has 6 heteroatoms. The topological polar surface area (TPSA) is 64.3 Å². The van der Waals surface area contributed by atoms with Crippen LogP contribution in [-0.4, -0.2) is 30.6 Å². The number of carbonyl (C=O) groups is 1. The van der Waals surface area contributed by atoms with Crippen LogP contribution in [0.5, 0.6) is 0 Å². The third-order valence-electron chi connectivity index (χ3n) is 3.06. The Balaban J connectivity index is 2.21. The average Bonchev–Trinajstić information content (AvgIpc) is 2.42. The minimum Gasteiger partial charge on any atom is -0.465 e.